The maximum Gasteiger partial charge on any atom is 0.247 e. The molecule has 26 heavy (non-hydrogen) atoms. The van der Waals surface area contributed by atoms with Gasteiger partial charge in [-0.1, -0.05) is 18.7 Å². The Morgan fingerprint density at radius 1 is 1.19 bits per heavy atom. The van der Waals surface area contributed by atoms with Crippen LogP contribution >= 0.6 is 23.1 Å². The molecule has 4 aromatic rings. The number of hydrogen-bond acceptors (Lipinski definition) is 7. The normalized spacial score (nSPS) is 12.6. The molecule has 5 nitrogen and oxygen atoms in total. The maximum atomic E-state index is 13.1. The Morgan fingerprint density at radius 2 is 2.00 bits per heavy atom. The summed E-state index contributed by atoms with van der Waals surface area (Å²) in [4.78, 5) is 11.0. The van der Waals surface area contributed by atoms with Crippen molar-refractivity contribution in [3.63, 3.8) is 0 Å². The van der Waals surface area contributed by atoms with Gasteiger partial charge in [-0.15, -0.1) is 21.5 Å². The lowest BCUT2D eigenvalue weighted by Crippen LogP contribution is -1.91. The summed E-state index contributed by atoms with van der Waals surface area (Å²) in [7, 11) is 0. The quantitative estimate of drug-likeness (QED) is 0.343. The van der Waals surface area contributed by atoms with E-state index in [4.69, 9.17) is 4.42 Å². The summed E-state index contributed by atoms with van der Waals surface area (Å²) in [5, 5.41) is 10.1. The Hall–Kier alpha value is -2.32. The predicted octanol–water partition coefficient (Wildman–Crippen LogP) is 5.30. The van der Waals surface area contributed by atoms with Crippen LogP contribution in [0.5, 0.6) is 0 Å². The van der Waals surface area contributed by atoms with Crippen LogP contribution in [0.15, 0.2) is 46.1 Å². The molecule has 0 radical (unpaired) electrons. The highest BCUT2D eigenvalue weighted by Gasteiger charge is 2.19. The van der Waals surface area contributed by atoms with Crippen molar-refractivity contribution in [1.29, 1.82) is 0 Å². The molecule has 3 aromatic heterocycles. The van der Waals surface area contributed by atoms with Crippen molar-refractivity contribution in [3.05, 3.63) is 53.2 Å². The SMILES string of the molecule is CCc1cc2c(S[C@H](C)c3nnc(-c4ccc(F)cc4)o3)ncnc2s1. The van der Waals surface area contributed by atoms with Crippen LogP contribution in [0.3, 0.4) is 0 Å². The van der Waals surface area contributed by atoms with E-state index >= 15 is 0 Å². The molecule has 0 saturated heterocycles. The molecule has 3 heterocycles. The van der Waals surface area contributed by atoms with Gasteiger partial charge in [0.25, 0.3) is 0 Å². The van der Waals surface area contributed by atoms with Crippen molar-refractivity contribution in [2.24, 2.45) is 0 Å². The van der Waals surface area contributed by atoms with Gasteiger partial charge in [-0.3, -0.25) is 0 Å². The number of thiophene rings is 1. The lowest BCUT2D eigenvalue weighted by molar-refractivity contribution is 0.509. The fraction of sp³-hybridized carbons (Fsp3) is 0.222. The van der Waals surface area contributed by atoms with Crippen molar-refractivity contribution in [1.82, 2.24) is 20.2 Å². The molecular weight excluding hydrogens is 371 g/mol. The van der Waals surface area contributed by atoms with E-state index in [0.29, 0.717) is 17.3 Å². The van der Waals surface area contributed by atoms with Gasteiger partial charge in [0, 0.05) is 15.8 Å². The van der Waals surface area contributed by atoms with Crippen LogP contribution in [0.4, 0.5) is 4.39 Å². The third-order valence-electron chi connectivity index (χ3n) is 3.86. The number of hydrogen-bond donors (Lipinski definition) is 0. The van der Waals surface area contributed by atoms with E-state index < -0.39 is 0 Å². The standard InChI is InChI=1S/C18H15FN4OS2/c1-3-13-8-14-17(20-9-21-18(14)26-13)25-10(2)15-22-23-16(24-15)11-4-6-12(19)7-5-11/h4-10H,3H2,1-2H3/t10-/m1/s1. The van der Waals surface area contributed by atoms with Gasteiger partial charge in [0.2, 0.25) is 11.8 Å². The summed E-state index contributed by atoms with van der Waals surface area (Å²) in [6.45, 7) is 4.12. The fourth-order valence-corrected chi connectivity index (χ4v) is 4.40. The molecule has 0 amide bonds. The fourth-order valence-electron chi connectivity index (χ4n) is 2.48. The van der Waals surface area contributed by atoms with E-state index in [0.717, 1.165) is 21.7 Å². The Morgan fingerprint density at radius 3 is 2.77 bits per heavy atom. The van der Waals surface area contributed by atoms with E-state index in [9.17, 15) is 4.39 Å². The number of rotatable bonds is 5. The van der Waals surface area contributed by atoms with Crippen molar-refractivity contribution >= 4 is 33.3 Å². The summed E-state index contributed by atoms with van der Waals surface area (Å²) in [5.74, 6) is 0.587. The minimum atomic E-state index is -0.299. The minimum Gasteiger partial charge on any atom is -0.419 e. The molecule has 0 fully saturated rings. The molecule has 0 saturated carbocycles. The molecular formula is C18H15FN4OS2. The Kier molecular flexibility index (Phi) is 4.69. The zero-order valence-corrected chi connectivity index (χ0v) is 15.8. The van der Waals surface area contributed by atoms with Crippen LogP contribution in [-0.4, -0.2) is 20.2 Å². The number of aromatic nitrogens is 4. The monoisotopic (exact) mass is 386 g/mol. The first kappa shape index (κ1) is 17.1. The van der Waals surface area contributed by atoms with Crippen LogP contribution < -0.4 is 0 Å². The smallest absolute Gasteiger partial charge is 0.247 e. The van der Waals surface area contributed by atoms with Crippen molar-refractivity contribution in [3.8, 4) is 11.5 Å². The highest BCUT2D eigenvalue weighted by atomic mass is 32.2. The van der Waals surface area contributed by atoms with E-state index in [1.54, 1.807) is 41.6 Å². The number of fused-ring (bicyclic) bond motifs is 1. The lowest BCUT2D eigenvalue weighted by Gasteiger charge is -2.06. The predicted molar refractivity (Wildman–Crippen MR) is 101 cm³/mol. The summed E-state index contributed by atoms with van der Waals surface area (Å²) in [6.07, 6.45) is 2.57. The van der Waals surface area contributed by atoms with E-state index in [2.05, 4.69) is 33.2 Å². The van der Waals surface area contributed by atoms with Crippen LogP contribution in [-0.2, 0) is 6.42 Å². The van der Waals surface area contributed by atoms with Gasteiger partial charge >= 0.3 is 0 Å². The Balaban J connectivity index is 1.58. The molecule has 4 rings (SSSR count). The first-order valence-corrected chi connectivity index (χ1v) is 9.83. The van der Waals surface area contributed by atoms with Gasteiger partial charge in [0.1, 0.15) is 22.0 Å². The molecule has 1 atom stereocenters. The van der Waals surface area contributed by atoms with Crippen LogP contribution in [0.1, 0.15) is 29.9 Å². The summed E-state index contributed by atoms with van der Waals surface area (Å²) < 4.78 is 18.8. The van der Waals surface area contributed by atoms with Crippen LogP contribution in [0.2, 0.25) is 0 Å². The molecule has 0 unspecified atom stereocenters. The molecule has 0 aliphatic carbocycles. The van der Waals surface area contributed by atoms with Gasteiger partial charge in [0.05, 0.1) is 5.25 Å². The topological polar surface area (TPSA) is 64.7 Å². The third-order valence-corrected chi connectivity index (χ3v) is 6.15. The van der Waals surface area contributed by atoms with Crippen molar-refractivity contribution < 1.29 is 8.81 Å². The van der Waals surface area contributed by atoms with Crippen molar-refractivity contribution in [2.75, 3.05) is 0 Å². The Labute approximate surface area is 157 Å². The van der Waals surface area contributed by atoms with Gasteiger partial charge in [-0.25, -0.2) is 14.4 Å². The molecule has 0 bridgehead atoms. The second kappa shape index (κ2) is 7.13. The first-order chi connectivity index (χ1) is 12.6. The zero-order chi connectivity index (χ0) is 18.1. The molecule has 8 heteroatoms. The second-order valence-corrected chi connectivity index (χ2v) is 8.12. The highest BCUT2D eigenvalue weighted by Crippen LogP contribution is 2.38. The van der Waals surface area contributed by atoms with Crippen molar-refractivity contribution in [2.45, 2.75) is 30.5 Å². The summed E-state index contributed by atoms with van der Waals surface area (Å²) in [5.41, 5.74) is 0.692. The molecule has 1 aromatic carbocycles. The maximum absolute atomic E-state index is 13.1. The Bertz CT molecular complexity index is 1040. The zero-order valence-electron chi connectivity index (χ0n) is 14.1. The number of halogens is 1. The van der Waals surface area contributed by atoms with Crippen LogP contribution in [0, 0.1) is 5.82 Å². The minimum absolute atomic E-state index is 0.0697. The van der Waals surface area contributed by atoms with Gasteiger partial charge in [-0.05, 0) is 43.7 Å². The average Bonchev–Trinajstić information content (AvgIpc) is 3.30. The van der Waals surface area contributed by atoms with Gasteiger partial charge in [0.15, 0.2) is 0 Å². The first-order valence-electron chi connectivity index (χ1n) is 8.13. The lowest BCUT2D eigenvalue weighted by atomic mass is 10.2. The van der Waals surface area contributed by atoms with Crippen LogP contribution in [0.25, 0.3) is 21.7 Å². The van der Waals surface area contributed by atoms with Gasteiger partial charge in [-0.2, -0.15) is 0 Å². The van der Waals surface area contributed by atoms with E-state index in [1.807, 2.05) is 6.92 Å². The number of thioether (sulfide) groups is 1. The molecule has 0 N–H and O–H groups in total. The van der Waals surface area contributed by atoms with E-state index in [-0.39, 0.29) is 11.1 Å². The average molecular weight is 386 g/mol. The number of benzene rings is 1. The number of aryl methyl sites for hydroxylation is 1. The second-order valence-electron chi connectivity index (χ2n) is 5.68. The summed E-state index contributed by atoms with van der Waals surface area (Å²) >= 11 is 3.25. The number of nitrogens with zero attached hydrogens (tertiary/aromatic N) is 4. The van der Waals surface area contributed by atoms with Gasteiger partial charge < -0.3 is 4.42 Å². The summed E-state index contributed by atoms with van der Waals surface area (Å²) in [6, 6.07) is 8.13. The highest BCUT2D eigenvalue weighted by molar-refractivity contribution is 7.99. The molecule has 0 spiro atoms. The van der Waals surface area contributed by atoms with E-state index in [1.165, 1.54) is 17.0 Å². The third kappa shape index (κ3) is 3.34. The molecule has 0 aliphatic rings. The largest absolute Gasteiger partial charge is 0.419 e. The molecule has 0 aliphatic heterocycles. The molecule has 132 valence electrons.